The van der Waals surface area contributed by atoms with Crippen molar-refractivity contribution in [1.29, 1.82) is 0 Å². The predicted molar refractivity (Wildman–Crippen MR) is 70.7 cm³/mol. The number of aryl methyl sites for hydroxylation is 1. The van der Waals surface area contributed by atoms with Crippen molar-refractivity contribution in [2.24, 2.45) is 5.92 Å². The van der Waals surface area contributed by atoms with Gasteiger partial charge < -0.3 is 5.73 Å². The first-order valence-corrected chi connectivity index (χ1v) is 6.92. The van der Waals surface area contributed by atoms with Gasteiger partial charge in [-0.15, -0.1) is 11.8 Å². The highest BCUT2D eigenvalue weighted by Crippen LogP contribution is 2.35. The van der Waals surface area contributed by atoms with Crippen LogP contribution in [0.1, 0.15) is 38.2 Å². The van der Waals surface area contributed by atoms with Crippen molar-refractivity contribution in [1.82, 2.24) is 4.98 Å². The Labute approximate surface area is 102 Å². The molecule has 88 valence electrons. The maximum absolute atomic E-state index is 5.77. The molecule has 2 rings (SSSR count). The van der Waals surface area contributed by atoms with Gasteiger partial charge in [0.15, 0.2) is 0 Å². The van der Waals surface area contributed by atoms with Gasteiger partial charge in [0.05, 0.1) is 16.9 Å². The molecule has 1 aliphatic carbocycles. The second-order valence-electron chi connectivity index (χ2n) is 4.89. The third kappa shape index (κ3) is 2.91. The molecular formula is C13H20N2S. The molecule has 0 bridgehead atoms. The summed E-state index contributed by atoms with van der Waals surface area (Å²) in [6, 6.07) is 2.11. The minimum atomic E-state index is 0.749. The lowest BCUT2D eigenvalue weighted by atomic mass is 9.91. The summed E-state index contributed by atoms with van der Waals surface area (Å²) in [6.07, 6.45) is 7.21. The van der Waals surface area contributed by atoms with Crippen LogP contribution in [0, 0.1) is 12.8 Å². The van der Waals surface area contributed by atoms with E-state index in [1.807, 2.05) is 18.7 Å². The lowest BCUT2D eigenvalue weighted by Crippen LogP contribution is -2.15. The zero-order chi connectivity index (χ0) is 11.5. The Morgan fingerprint density at radius 2 is 2.25 bits per heavy atom. The van der Waals surface area contributed by atoms with Crippen LogP contribution in [0.4, 0.5) is 5.69 Å². The van der Waals surface area contributed by atoms with Crippen molar-refractivity contribution in [2.75, 3.05) is 5.73 Å². The Balaban J connectivity index is 2.00. The van der Waals surface area contributed by atoms with Gasteiger partial charge in [0.25, 0.3) is 0 Å². The number of anilines is 1. The summed E-state index contributed by atoms with van der Waals surface area (Å²) in [5.41, 5.74) is 7.71. The first-order chi connectivity index (χ1) is 7.65. The van der Waals surface area contributed by atoms with E-state index < -0.39 is 0 Å². The molecule has 2 unspecified atom stereocenters. The minimum absolute atomic E-state index is 0.749. The molecule has 3 heteroatoms. The quantitative estimate of drug-likeness (QED) is 0.852. The van der Waals surface area contributed by atoms with E-state index in [0.717, 1.165) is 27.4 Å². The fourth-order valence-corrected chi connectivity index (χ4v) is 3.67. The van der Waals surface area contributed by atoms with Gasteiger partial charge in [-0.3, -0.25) is 0 Å². The maximum Gasteiger partial charge on any atom is 0.0966 e. The number of hydrogen-bond donors (Lipinski definition) is 1. The van der Waals surface area contributed by atoms with Gasteiger partial charge in [0, 0.05) is 5.25 Å². The molecule has 0 radical (unpaired) electrons. The average Bonchev–Trinajstić information content (AvgIpc) is 2.24. The van der Waals surface area contributed by atoms with Crippen LogP contribution in [0.15, 0.2) is 17.3 Å². The number of nitrogen functional groups attached to an aromatic ring is 1. The number of nitrogens with two attached hydrogens (primary N) is 1. The third-order valence-corrected chi connectivity index (χ3v) is 4.53. The predicted octanol–water partition coefficient (Wildman–Crippen LogP) is 3.64. The Bertz CT molecular complexity index is 365. The van der Waals surface area contributed by atoms with Crippen LogP contribution in [0.2, 0.25) is 0 Å². The molecular weight excluding hydrogens is 216 g/mol. The van der Waals surface area contributed by atoms with Gasteiger partial charge in [-0.2, -0.15) is 0 Å². The first kappa shape index (κ1) is 11.8. The lowest BCUT2D eigenvalue weighted by molar-refractivity contribution is 0.394. The molecule has 1 saturated carbocycles. The molecule has 1 aliphatic rings. The van der Waals surface area contributed by atoms with E-state index in [9.17, 15) is 0 Å². The van der Waals surface area contributed by atoms with Gasteiger partial charge in [0.1, 0.15) is 0 Å². The number of aromatic nitrogens is 1. The lowest BCUT2D eigenvalue weighted by Gasteiger charge is -2.25. The Morgan fingerprint density at radius 3 is 2.94 bits per heavy atom. The molecule has 1 aromatic heterocycles. The van der Waals surface area contributed by atoms with E-state index >= 15 is 0 Å². The highest BCUT2D eigenvalue weighted by atomic mass is 32.2. The molecule has 2 atom stereocenters. The van der Waals surface area contributed by atoms with E-state index in [1.165, 1.54) is 25.7 Å². The number of thioether (sulfide) groups is 1. The number of pyridine rings is 1. The summed E-state index contributed by atoms with van der Waals surface area (Å²) >= 11 is 1.92. The fraction of sp³-hybridized carbons (Fsp3) is 0.615. The van der Waals surface area contributed by atoms with Crippen LogP contribution in [0.5, 0.6) is 0 Å². The van der Waals surface area contributed by atoms with E-state index in [2.05, 4.69) is 18.0 Å². The molecule has 1 aromatic rings. The summed E-state index contributed by atoms with van der Waals surface area (Å²) in [5, 5.41) is 1.88. The van der Waals surface area contributed by atoms with Gasteiger partial charge in [0.2, 0.25) is 0 Å². The standard InChI is InChI=1S/C13H20N2S/c1-9-4-3-5-11(6-9)16-13-7-10(2)12(14)8-15-13/h7-9,11H,3-6,14H2,1-2H3. The third-order valence-electron chi connectivity index (χ3n) is 3.30. The highest BCUT2D eigenvalue weighted by molar-refractivity contribution is 7.99. The van der Waals surface area contributed by atoms with Crippen LogP contribution in [0.3, 0.4) is 0 Å². The monoisotopic (exact) mass is 236 g/mol. The molecule has 0 aromatic carbocycles. The molecule has 0 amide bonds. The molecule has 1 fully saturated rings. The Hall–Kier alpha value is -0.700. The Morgan fingerprint density at radius 1 is 1.44 bits per heavy atom. The number of rotatable bonds is 2. The number of nitrogens with zero attached hydrogens (tertiary/aromatic N) is 1. The van der Waals surface area contributed by atoms with Gasteiger partial charge in [-0.05, 0) is 37.3 Å². The second-order valence-corrected chi connectivity index (χ2v) is 6.21. The second kappa shape index (κ2) is 5.09. The number of hydrogen-bond acceptors (Lipinski definition) is 3. The van der Waals surface area contributed by atoms with Crippen molar-refractivity contribution in [3.63, 3.8) is 0 Å². The molecule has 2 nitrogen and oxygen atoms in total. The topological polar surface area (TPSA) is 38.9 Å². The highest BCUT2D eigenvalue weighted by Gasteiger charge is 2.20. The molecule has 16 heavy (non-hydrogen) atoms. The minimum Gasteiger partial charge on any atom is -0.397 e. The summed E-state index contributed by atoms with van der Waals surface area (Å²) < 4.78 is 0. The Kier molecular flexibility index (Phi) is 3.74. The van der Waals surface area contributed by atoms with Gasteiger partial charge in [-0.25, -0.2) is 4.98 Å². The normalized spacial score (nSPS) is 25.6. The van der Waals surface area contributed by atoms with Crippen molar-refractivity contribution in [3.8, 4) is 0 Å². The van der Waals surface area contributed by atoms with Gasteiger partial charge >= 0.3 is 0 Å². The van der Waals surface area contributed by atoms with E-state index in [-0.39, 0.29) is 0 Å². The molecule has 2 N–H and O–H groups in total. The molecule has 0 aliphatic heterocycles. The van der Waals surface area contributed by atoms with Crippen molar-refractivity contribution >= 4 is 17.4 Å². The van der Waals surface area contributed by atoms with Crippen LogP contribution in [-0.2, 0) is 0 Å². The zero-order valence-corrected chi connectivity index (χ0v) is 10.9. The maximum atomic E-state index is 5.77. The largest absolute Gasteiger partial charge is 0.397 e. The van der Waals surface area contributed by atoms with Crippen LogP contribution in [0.25, 0.3) is 0 Å². The molecule has 1 heterocycles. The smallest absolute Gasteiger partial charge is 0.0966 e. The van der Waals surface area contributed by atoms with Crippen molar-refractivity contribution in [3.05, 3.63) is 17.8 Å². The summed E-state index contributed by atoms with van der Waals surface area (Å²) in [6.45, 7) is 4.40. The van der Waals surface area contributed by atoms with Crippen LogP contribution in [-0.4, -0.2) is 10.2 Å². The first-order valence-electron chi connectivity index (χ1n) is 6.04. The summed E-state index contributed by atoms with van der Waals surface area (Å²) in [7, 11) is 0. The SMILES string of the molecule is Cc1cc(SC2CCCC(C)C2)ncc1N. The zero-order valence-electron chi connectivity index (χ0n) is 10.1. The average molecular weight is 236 g/mol. The molecule has 0 saturated heterocycles. The van der Waals surface area contributed by atoms with Gasteiger partial charge in [-0.1, -0.05) is 19.8 Å². The van der Waals surface area contributed by atoms with E-state index in [0.29, 0.717) is 0 Å². The molecule has 0 spiro atoms. The van der Waals surface area contributed by atoms with Crippen molar-refractivity contribution < 1.29 is 0 Å². The van der Waals surface area contributed by atoms with E-state index in [4.69, 9.17) is 5.73 Å². The van der Waals surface area contributed by atoms with E-state index in [1.54, 1.807) is 6.20 Å². The van der Waals surface area contributed by atoms with Crippen LogP contribution < -0.4 is 5.73 Å². The summed E-state index contributed by atoms with van der Waals surface area (Å²) in [4.78, 5) is 4.40. The summed E-state index contributed by atoms with van der Waals surface area (Å²) in [5.74, 6) is 0.876. The van der Waals surface area contributed by atoms with Crippen LogP contribution >= 0.6 is 11.8 Å². The fourth-order valence-electron chi connectivity index (χ4n) is 2.26. The van der Waals surface area contributed by atoms with Crippen molar-refractivity contribution in [2.45, 2.75) is 49.8 Å².